The summed E-state index contributed by atoms with van der Waals surface area (Å²) in [5.41, 5.74) is 2.08. The highest BCUT2D eigenvalue weighted by atomic mass is 16.7. The number of aromatic nitrogens is 2. The maximum Gasteiger partial charge on any atom is 0.353 e. The molecule has 1 atom stereocenters. The lowest BCUT2D eigenvalue weighted by Gasteiger charge is -2.23. The van der Waals surface area contributed by atoms with Gasteiger partial charge in [-0.05, 0) is 12.5 Å². The summed E-state index contributed by atoms with van der Waals surface area (Å²) in [5, 5.41) is 4.05. The number of esters is 1. The third kappa shape index (κ3) is 4.23. The van der Waals surface area contributed by atoms with Crippen molar-refractivity contribution >= 4 is 11.7 Å². The first-order valence-corrected chi connectivity index (χ1v) is 8.33. The zero-order valence-corrected chi connectivity index (χ0v) is 14.8. The maximum absolute atomic E-state index is 12.3. The summed E-state index contributed by atoms with van der Waals surface area (Å²) in [6.45, 7) is 2.45. The zero-order chi connectivity index (χ0) is 18.4. The van der Waals surface area contributed by atoms with Gasteiger partial charge in [-0.2, -0.15) is 0 Å². The first-order chi connectivity index (χ1) is 12.6. The Balaban J connectivity index is 1.59. The monoisotopic (exact) mass is 355 g/mol. The van der Waals surface area contributed by atoms with E-state index in [9.17, 15) is 4.79 Å². The van der Waals surface area contributed by atoms with Gasteiger partial charge in [-0.3, -0.25) is 9.97 Å². The third-order valence-corrected chi connectivity index (χ3v) is 4.08. The van der Waals surface area contributed by atoms with Crippen molar-refractivity contribution in [3.63, 3.8) is 0 Å². The summed E-state index contributed by atoms with van der Waals surface area (Å²) >= 11 is 0. The first kappa shape index (κ1) is 18.0. The number of benzene rings is 1. The number of hydrogen-bond acceptors (Lipinski definition) is 7. The number of hydrogen-bond donors (Lipinski definition) is 0. The molecule has 0 bridgehead atoms. The number of ether oxygens (including phenoxy) is 2. The second kappa shape index (κ2) is 8.05. The van der Waals surface area contributed by atoms with E-state index >= 15 is 0 Å². The number of rotatable bonds is 7. The molecule has 136 valence electrons. The number of aryl methyl sites for hydroxylation is 1. The van der Waals surface area contributed by atoms with Gasteiger partial charge in [0.1, 0.15) is 0 Å². The van der Waals surface area contributed by atoms with Crippen molar-refractivity contribution in [1.29, 1.82) is 0 Å². The molecule has 1 aromatic heterocycles. The van der Waals surface area contributed by atoms with E-state index in [1.165, 1.54) is 7.11 Å². The van der Waals surface area contributed by atoms with Crippen molar-refractivity contribution in [1.82, 2.24) is 9.97 Å². The summed E-state index contributed by atoms with van der Waals surface area (Å²) < 4.78 is 10.6. The molecule has 1 unspecified atom stereocenters. The van der Waals surface area contributed by atoms with Crippen molar-refractivity contribution in [3.05, 3.63) is 59.7 Å². The van der Waals surface area contributed by atoms with Crippen LogP contribution in [0.25, 0.3) is 0 Å². The summed E-state index contributed by atoms with van der Waals surface area (Å²) in [5.74, 6) is -0.440. The number of methoxy groups -OCH3 is 1. The second-order valence-corrected chi connectivity index (χ2v) is 6.22. The molecule has 7 nitrogen and oxygen atoms in total. The van der Waals surface area contributed by atoms with Gasteiger partial charge >= 0.3 is 5.97 Å². The molecule has 0 amide bonds. The van der Waals surface area contributed by atoms with E-state index in [0.29, 0.717) is 25.2 Å². The maximum atomic E-state index is 12.3. The lowest BCUT2D eigenvalue weighted by molar-refractivity contribution is -0.166. The van der Waals surface area contributed by atoms with E-state index < -0.39 is 11.6 Å². The minimum Gasteiger partial charge on any atom is -0.466 e. The van der Waals surface area contributed by atoms with Crippen LogP contribution in [0.4, 0.5) is 0 Å². The standard InChI is InChI=1S/C19H21N3O4/c1-14-10-21-17(11-20-14)13-25-12-16-9-19(26-22-16,18(23)24-2)8-15-6-4-3-5-7-15/h3-7,10-11H,8-9,12-13H2,1-2H3. The van der Waals surface area contributed by atoms with Crippen LogP contribution in [-0.2, 0) is 32.1 Å². The van der Waals surface area contributed by atoms with Gasteiger partial charge < -0.3 is 14.3 Å². The van der Waals surface area contributed by atoms with Crippen molar-refractivity contribution in [2.24, 2.45) is 5.16 Å². The van der Waals surface area contributed by atoms with Crippen LogP contribution in [0.15, 0.2) is 47.9 Å². The zero-order valence-electron chi connectivity index (χ0n) is 14.8. The fourth-order valence-corrected chi connectivity index (χ4v) is 2.78. The average molecular weight is 355 g/mol. The van der Waals surface area contributed by atoms with Crippen LogP contribution in [0.5, 0.6) is 0 Å². The van der Waals surface area contributed by atoms with Gasteiger partial charge in [-0.25, -0.2) is 4.79 Å². The molecule has 0 radical (unpaired) electrons. The predicted octanol–water partition coefficient (Wildman–Crippen LogP) is 2.23. The molecule has 0 fully saturated rings. The molecule has 2 aromatic rings. The van der Waals surface area contributed by atoms with E-state index in [0.717, 1.165) is 17.0 Å². The lowest BCUT2D eigenvalue weighted by Crippen LogP contribution is -2.42. The minimum atomic E-state index is -1.14. The summed E-state index contributed by atoms with van der Waals surface area (Å²) in [6, 6.07) is 9.65. The average Bonchev–Trinajstić information content (AvgIpc) is 3.07. The van der Waals surface area contributed by atoms with Gasteiger partial charge in [0, 0.05) is 19.0 Å². The third-order valence-electron chi connectivity index (χ3n) is 4.08. The molecule has 7 heteroatoms. The van der Waals surface area contributed by atoms with Gasteiger partial charge in [0.05, 0.1) is 43.6 Å². The summed E-state index contributed by atoms with van der Waals surface area (Å²) in [4.78, 5) is 26.3. The Kier molecular flexibility index (Phi) is 5.58. The Bertz CT molecular complexity index is 777. The lowest BCUT2D eigenvalue weighted by atomic mass is 9.90. The summed E-state index contributed by atoms with van der Waals surface area (Å²) in [6.07, 6.45) is 4.08. The minimum absolute atomic E-state index is 0.253. The molecule has 0 spiro atoms. The molecule has 1 aliphatic rings. The van der Waals surface area contributed by atoms with Crippen LogP contribution in [0.2, 0.25) is 0 Å². The highest BCUT2D eigenvalue weighted by Gasteiger charge is 2.47. The quantitative estimate of drug-likeness (QED) is 0.708. The van der Waals surface area contributed by atoms with Crippen LogP contribution >= 0.6 is 0 Å². The molecule has 2 heterocycles. The Morgan fingerprint density at radius 2 is 2.00 bits per heavy atom. The van der Waals surface area contributed by atoms with E-state index in [-0.39, 0.29) is 6.61 Å². The Labute approximate surface area is 152 Å². The van der Waals surface area contributed by atoms with E-state index in [4.69, 9.17) is 14.3 Å². The number of carbonyl (C=O) groups excluding carboxylic acids is 1. The van der Waals surface area contributed by atoms with E-state index in [1.54, 1.807) is 12.4 Å². The van der Waals surface area contributed by atoms with Gasteiger partial charge in [0.25, 0.3) is 0 Å². The molecular weight excluding hydrogens is 334 g/mol. The van der Waals surface area contributed by atoms with Gasteiger partial charge in [-0.15, -0.1) is 0 Å². The Morgan fingerprint density at radius 1 is 1.19 bits per heavy atom. The molecule has 0 N–H and O–H groups in total. The van der Waals surface area contributed by atoms with Crippen molar-refractivity contribution in [2.45, 2.75) is 32.0 Å². The molecule has 0 saturated heterocycles. The van der Waals surface area contributed by atoms with Crippen LogP contribution in [0, 0.1) is 6.92 Å². The fraction of sp³-hybridized carbons (Fsp3) is 0.368. The normalized spacial score (nSPS) is 18.9. The van der Waals surface area contributed by atoms with Crippen LogP contribution in [-0.4, -0.2) is 41.0 Å². The Morgan fingerprint density at radius 3 is 2.69 bits per heavy atom. The molecule has 0 saturated carbocycles. The molecule has 3 rings (SSSR count). The summed E-state index contributed by atoms with van der Waals surface area (Å²) in [7, 11) is 1.35. The molecule has 26 heavy (non-hydrogen) atoms. The first-order valence-electron chi connectivity index (χ1n) is 8.33. The highest BCUT2D eigenvalue weighted by Crippen LogP contribution is 2.30. The van der Waals surface area contributed by atoms with Crippen molar-refractivity contribution < 1.29 is 19.1 Å². The van der Waals surface area contributed by atoms with Crippen molar-refractivity contribution in [3.8, 4) is 0 Å². The topological polar surface area (TPSA) is 82.9 Å². The van der Waals surface area contributed by atoms with Gasteiger partial charge in [0.2, 0.25) is 5.60 Å². The predicted molar refractivity (Wildman–Crippen MR) is 94.5 cm³/mol. The van der Waals surface area contributed by atoms with Crippen LogP contribution in [0.1, 0.15) is 23.4 Å². The molecule has 1 aromatic carbocycles. The van der Waals surface area contributed by atoms with Gasteiger partial charge in [-0.1, -0.05) is 35.5 Å². The van der Waals surface area contributed by atoms with Crippen LogP contribution in [0.3, 0.4) is 0 Å². The van der Waals surface area contributed by atoms with Crippen molar-refractivity contribution in [2.75, 3.05) is 13.7 Å². The Hall–Kier alpha value is -2.80. The number of nitrogens with zero attached hydrogens (tertiary/aromatic N) is 3. The fourth-order valence-electron chi connectivity index (χ4n) is 2.78. The van der Waals surface area contributed by atoms with Crippen LogP contribution < -0.4 is 0 Å². The molecule has 1 aliphatic heterocycles. The second-order valence-electron chi connectivity index (χ2n) is 6.22. The smallest absolute Gasteiger partial charge is 0.353 e. The number of oxime groups is 1. The van der Waals surface area contributed by atoms with E-state index in [1.807, 2.05) is 37.3 Å². The van der Waals surface area contributed by atoms with Gasteiger partial charge in [0.15, 0.2) is 0 Å². The molecule has 0 aliphatic carbocycles. The largest absolute Gasteiger partial charge is 0.466 e. The number of carbonyl (C=O) groups is 1. The van der Waals surface area contributed by atoms with E-state index in [2.05, 4.69) is 15.1 Å². The molecular formula is C19H21N3O4. The SMILES string of the molecule is COC(=O)C1(Cc2ccccc2)CC(COCc2cnc(C)cn2)=NO1. The highest BCUT2D eigenvalue weighted by molar-refractivity contribution is 5.94.